The zero-order valence-electron chi connectivity index (χ0n) is 21.7. The fraction of sp³-hybridized carbons (Fsp3) is 0.625. The molecule has 0 fully saturated rings. The van der Waals surface area contributed by atoms with Gasteiger partial charge in [0, 0.05) is 0 Å². The molecule has 0 aliphatic carbocycles. The Morgan fingerprint density at radius 1 is 0.424 bits per heavy atom. The minimum absolute atomic E-state index is 0.322. The molecule has 1 N–H and O–H groups in total. The van der Waals surface area contributed by atoms with Crippen molar-refractivity contribution >= 4 is 0 Å². The van der Waals surface area contributed by atoms with Crippen molar-refractivity contribution in [1.82, 2.24) is 0 Å². The van der Waals surface area contributed by atoms with Gasteiger partial charge in [-0.05, 0) is 30.5 Å². The first kappa shape index (κ1) is 29.3. The molecule has 2 rings (SSSR count). The maximum Gasteiger partial charge on any atom is 0.115 e. The first-order chi connectivity index (χ1) is 16.3. The summed E-state index contributed by atoms with van der Waals surface area (Å²) < 4.78 is 0. The third-order valence-corrected chi connectivity index (χ3v) is 6.42. The molecule has 0 atom stereocenters. The lowest BCUT2D eigenvalue weighted by atomic mass is 10.0. The summed E-state index contributed by atoms with van der Waals surface area (Å²) in [4.78, 5) is 0. The largest absolute Gasteiger partial charge is 0.508 e. The summed E-state index contributed by atoms with van der Waals surface area (Å²) in [7, 11) is 0. The van der Waals surface area contributed by atoms with Crippen LogP contribution in [0, 0.1) is 0 Å². The number of rotatable bonds is 19. The van der Waals surface area contributed by atoms with Gasteiger partial charge in [0.2, 0.25) is 0 Å². The summed E-state index contributed by atoms with van der Waals surface area (Å²) in [5, 5.41) is 8.63. The number of unbranched alkanes of at least 4 members (excludes halogenated alkanes) is 17. The Hall–Kier alpha value is -1.76. The predicted molar refractivity (Wildman–Crippen MR) is 147 cm³/mol. The van der Waals surface area contributed by atoms with Crippen molar-refractivity contribution in [1.29, 1.82) is 0 Å². The standard InChI is InChI=1S/C26H46.C6H6O/c1-2-3-4-5-6-7-8-9-10-11-12-13-14-15-16-17-18-20-23-26-24-21-19-22-25-26;7-6-4-2-1-3-5-6/h19,21-22,24-25H,2-18,20,23H2,1H3;1-5,7H. The van der Waals surface area contributed by atoms with Gasteiger partial charge in [-0.2, -0.15) is 0 Å². The van der Waals surface area contributed by atoms with E-state index in [1.54, 1.807) is 24.3 Å². The first-order valence-electron chi connectivity index (χ1n) is 14.1. The van der Waals surface area contributed by atoms with E-state index in [1.165, 1.54) is 128 Å². The number of para-hydroxylation sites is 1. The normalized spacial score (nSPS) is 10.6. The van der Waals surface area contributed by atoms with Crippen molar-refractivity contribution in [3.8, 4) is 5.75 Å². The molecular weight excluding hydrogens is 400 g/mol. The second-order valence-electron chi connectivity index (χ2n) is 9.58. The SMILES string of the molecule is CCCCCCCCCCCCCCCCCCCCc1ccccc1.Oc1ccccc1. The summed E-state index contributed by atoms with van der Waals surface area (Å²) in [6.07, 6.45) is 27.4. The number of aromatic hydroxyl groups is 1. The van der Waals surface area contributed by atoms with E-state index in [2.05, 4.69) is 37.3 Å². The van der Waals surface area contributed by atoms with Crippen molar-refractivity contribution in [2.45, 2.75) is 129 Å². The average Bonchev–Trinajstić information content (AvgIpc) is 2.85. The van der Waals surface area contributed by atoms with Gasteiger partial charge in [-0.3, -0.25) is 0 Å². The quantitative estimate of drug-likeness (QED) is 0.210. The highest BCUT2D eigenvalue weighted by Gasteiger charge is 1.96. The second kappa shape index (κ2) is 23.4. The molecule has 0 bridgehead atoms. The minimum atomic E-state index is 0.322. The Bertz CT molecular complexity index is 607. The van der Waals surface area contributed by atoms with Gasteiger partial charge in [0.15, 0.2) is 0 Å². The van der Waals surface area contributed by atoms with Crippen molar-refractivity contribution < 1.29 is 5.11 Å². The van der Waals surface area contributed by atoms with Crippen LogP contribution < -0.4 is 0 Å². The Morgan fingerprint density at radius 3 is 1.09 bits per heavy atom. The molecular formula is C32H52O. The van der Waals surface area contributed by atoms with Crippen LogP contribution in [0.4, 0.5) is 0 Å². The third-order valence-electron chi connectivity index (χ3n) is 6.42. The fourth-order valence-electron chi connectivity index (χ4n) is 4.30. The lowest BCUT2D eigenvalue weighted by molar-refractivity contribution is 0.475. The third kappa shape index (κ3) is 20.6. The predicted octanol–water partition coefficient (Wildman–Crippen LogP) is 10.7. The van der Waals surface area contributed by atoms with E-state index in [0.29, 0.717) is 5.75 Å². The maximum absolute atomic E-state index is 8.63. The Balaban J connectivity index is 0.000000657. The summed E-state index contributed by atoms with van der Waals surface area (Å²) >= 11 is 0. The highest BCUT2D eigenvalue weighted by Crippen LogP contribution is 2.15. The van der Waals surface area contributed by atoms with Crippen LogP contribution >= 0.6 is 0 Å². The molecule has 0 aliphatic rings. The van der Waals surface area contributed by atoms with Crippen molar-refractivity contribution in [2.24, 2.45) is 0 Å². The van der Waals surface area contributed by atoms with Crippen LogP contribution in [0.2, 0.25) is 0 Å². The first-order valence-corrected chi connectivity index (χ1v) is 14.1. The van der Waals surface area contributed by atoms with Gasteiger partial charge in [0.1, 0.15) is 5.75 Å². The Morgan fingerprint density at radius 2 is 0.758 bits per heavy atom. The van der Waals surface area contributed by atoms with Gasteiger partial charge in [0.25, 0.3) is 0 Å². The van der Waals surface area contributed by atoms with Crippen LogP contribution in [0.15, 0.2) is 60.7 Å². The van der Waals surface area contributed by atoms with Gasteiger partial charge in [-0.15, -0.1) is 0 Å². The maximum atomic E-state index is 8.63. The number of phenols is 1. The fourth-order valence-corrected chi connectivity index (χ4v) is 4.30. The van der Waals surface area contributed by atoms with Crippen LogP contribution in [0.25, 0.3) is 0 Å². The van der Waals surface area contributed by atoms with E-state index < -0.39 is 0 Å². The van der Waals surface area contributed by atoms with Gasteiger partial charge in [-0.25, -0.2) is 0 Å². The lowest BCUT2D eigenvalue weighted by Gasteiger charge is -2.04. The molecule has 2 aromatic carbocycles. The van der Waals surface area contributed by atoms with Crippen LogP contribution in [0.3, 0.4) is 0 Å². The molecule has 0 aliphatic heterocycles. The summed E-state index contributed by atoms with van der Waals surface area (Å²) in [6, 6.07) is 19.7. The lowest BCUT2D eigenvalue weighted by Crippen LogP contribution is -1.86. The minimum Gasteiger partial charge on any atom is -0.508 e. The van der Waals surface area contributed by atoms with Gasteiger partial charge < -0.3 is 5.11 Å². The summed E-state index contributed by atoms with van der Waals surface area (Å²) in [5.41, 5.74) is 1.50. The van der Waals surface area contributed by atoms with E-state index in [-0.39, 0.29) is 0 Å². The monoisotopic (exact) mass is 452 g/mol. The highest BCUT2D eigenvalue weighted by molar-refractivity contribution is 5.18. The van der Waals surface area contributed by atoms with Crippen molar-refractivity contribution in [3.63, 3.8) is 0 Å². The van der Waals surface area contributed by atoms with Gasteiger partial charge in [-0.1, -0.05) is 165 Å². The molecule has 0 aromatic heterocycles. The smallest absolute Gasteiger partial charge is 0.115 e. The number of hydrogen-bond donors (Lipinski definition) is 1. The molecule has 0 amide bonds. The molecule has 1 nitrogen and oxygen atoms in total. The average molecular weight is 453 g/mol. The molecule has 0 radical (unpaired) electrons. The number of benzene rings is 2. The molecule has 0 unspecified atom stereocenters. The number of phenolic OH excluding ortho intramolecular Hbond substituents is 1. The Labute approximate surface area is 206 Å². The molecule has 33 heavy (non-hydrogen) atoms. The second-order valence-corrected chi connectivity index (χ2v) is 9.58. The van der Waals surface area contributed by atoms with E-state index in [9.17, 15) is 0 Å². The number of aryl methyl sites for hydroxylation is 1. The van der Waals surface area contributed by atoms with E-state index in [1.807, 2.05) is 6.07 Å². The zero-order valence-corrected chi connectivity index (χ0v) is 21.7. The molecule has 2 aromatic rings. The van der Waals surface area contributed by atoms with Gasteiger partial charge in [0.05, 0.1) is 0 Å². The van der Waals surface area contributed by atoms with Crippen LogP contribution in [0.5, 0.6) is 5.75 Å². The molecule has 0 saturated heterocycles. The van der Waals surface area contributed by atoms with Crippen molar-refractivity contribution in [3.05, 3.63) is 66.2 Å². The van der Waals surface area contributed by atoms with E-state index in [0.717, 1.165) is 0 Å². The van der Waals surface area contributed by atoms with Crippen molar-refractivity contribution in [2.75, 3.05) is 0 Å². The number of hydrogen-bond acceptors (Lipinski definition) is 1. The highest BCUT2D eigenvalue weighted by atomic mass is 16.3. The molecule has 0 spiro atoms. The van der Waals surface area contributed by atoms with E-state index >= 15 is 0 Å². The summed E-state index contributed by atoms with van der Waals surface area (Å²) in [6.45, 7) is 2.30. The zero-order chi connectivity index (χ0) is 23.7. The van der Waals surface area contributed by atoms with Crippen LogP contribution in [-0.2, 0) is 6.42 Å². The van der Waals surface area contributed by atoms with Gasteiger partial charge >= 0.3 is 0 Å². The van der Waals surface area contributed by atoms with Crippen LogP contribution in [-0.4, -0.2) is 5.11 Å². The summed E-state index contributed by atoms with van der Waals surface area (Å²) in [5.74, 6) is 0.322. The molecule has 1 heteroatoms. The Kier molecular flexibility index (Phi) is 20.8. The molecule has 186 valence electrons. The molecule has 0 heterocycles. The van der Waals surface area contributed by atoms with Crippen LogP contribution in [0.1, 0.15) is 128 Å². The van der Waals surface area contributed by atoms with E-state index in [4.69, 9.17) is 5.11 Å². The topological polar surface area (TPSA) is 20.2 Å². The molecule has 0 saturated carbocycles.